The summed E-state index contributed by atoms with van der Waals surface area (Å²) in [6.45, 7) is 3.77. The molecular weight excluding hydrogens is 284 g/mol. The number of rotatable bonds is 7. The zero-order valence-electron chi connectivity index (χ0n) is 13.1. The Morgan fingerprint density at radius 3 is 2.67 bits per heavy atom. The van der Waals surface area contributed by atoms with E-state index in [9.17, 15) is 0 Å². The van der Waals surface area contributed by atoms with Crippen molar-refractivity contribution in [2.75, 3.05) is 27.2 Å². The first-order valence-electron chi connectivity index (χ1n) is 7.37. The molecule has 0 aliphatic heterocycles. The Hall–Kier alpha value is -1.32. The zero-order chi connectivity index (χ0) is 14.4. The third kappa shape index (κ3) is 5.18. The molecule has 0 saturated carbocycles. The molecule has 0 radical (unpaired) electrons. The van der Waals surface area contributed by atoms with E-state index >= 15 is 0 Å². The predicted molar refractivity (Wildman–Crippen MR) is 84.4 cm³/mol. The van der Waals surface area contributed by atoms with E-state index in [1.54, 1.807) is 0 Å². The topological polar surface area (TPSA) is 25.4 Å². The SMILES string of the molecule is CCCCc1cc2ccccc2c(OCCN(C)C)n1.[Cl-]. The van der Waals surface area contributed by atoms with Gasteiger partial charge in [-0.25, -0.2) is 4.98 Å². The molecule has 1 aromatic heterocycles. The van der Waals surface area contributed by atoms with E-state index in [1.165, 1.54) is 18.2 Å². The number of nitrogens with zero attached hydrogens (tertiary/aromatic N) is 2. The average molecular weight is 308 g/mol. The Bertz CT molecular complexity index is 557. The molecule has 1 heterocycles. The third-order valence-corrected chi connectivity index (χ3v) is 3.32. The van der Waals surface area contributed by atoms with Crippen LogP contribution < -0.4 is 17.1 Å². The highest BCUT2D eigenvalue weighted by molar-refractivity contribution is 5.87. The van der Waals surface area contributed by atoms with E-state index in [0.29, 0.717) is 6.61 Å². The number of benzene rings is 1. The lowest BCUT2D eigenvalue weighted by molar-refractivity contribution is -0.00000497. The number of hydrogen-bond acceptors (Lipinski definition) is 3. The number of aromatic nitrogens is 1. The van der Waals surface area contributed by atoms with Gasteiger partial charge in [-0.1, -0.05) is 31.5 Å². The zero-order valence-corrected chi connectivity index (χ0v) is 13.9. The molecule has 2 rings (SSSR count). The molecule has 0 aliphatic carbocycles. The standard InChI is InChI=1S/C17H24N2O.ClH/c1-4-5-9-15-13-14-8-6-7-10-16(14)17(18-15)20-12-11-19(2)3;/h6-8,10,13H,4-5,9,11-12H2,1-3H3;1H/p-1. The van der Waals surface area contributed by atoms with Gasteiger partial charge in [-0.2, -0.15) is 0 Å². The van der Waals surface area contributed by atoms with Gasteiger partial charge in [0.15, 0.2) is 0 Å². The smallest absolute Gasteiger partial charge is 0.221 e. The summed E-state index contributed by atoms with van der Waals surface area (Å²) in [6.07, 6.45) is 3.37. The molecular formula is C17H24ClN2O-. The van der Waals surface area contributed by atoms with Gasteiger partial charge in [-0.3, -0.25) is 0 Å². The molecule has 1 aromatic carbocycles. The van der Waals surface area contributed by atoms with Crippen LogP contribution in [0.3, 0.4) is 0 Å². The maximum absolute atomic E-state index is 5.90. The normalized spacial score (nSPS) is 10.7. The van der Waals surface area contributed by atoms with Crippen molar-refractivity contribution in [1.82, 2.24) is 9.88 Å². The van der Waals surface area contributed by atoms with E-state index < -0.39 is 0 Å². The van der Waals surface area contributed by atoms with Crippen molar-refractivity contribution in [1.29, 1.82) is 0 Å². The monoisotopic (exact) mass is 307 g/mol. The predicted octanol–water partition coefficient (Wildman–Crippen LogP) is 0.522. The second kappa shape index (κ2) is 8.85. The largest absolute Gasteiger partial charge is 1.00 e. The van der Waals surface area contributed by atoms with Gasteiger partial charge in [-0.15, -0.1) is 0 Å². The van der Waals surface area contributed by atoms with Crippen LogP contribution in [-0.2, 0) is 6.42 Å². The Morgan fingerprint density at radius 2 is 1.95 bits per heavy atom. The lowest BCUT2D eigenvalue weighted by atomic mass is 10.1. The Kier molecular flexibility index (Phi) is 7.48. The summed E-state index contributed by atoms with van der Waals surface area (Å²) >= 11 is 0. The number of likely N-dealkylation sites (N-methyl/N-ethyl adjacent to an activating group) is 1. The molecule has 2 aromatic rings. The molecule has 0 aliphatic rings. The van der Waals surface area contributed by atoms with Crippen molar-refractivity contribution >= 4 is 10.8 Å². The molecule has 0 saturated heterocycles. The number of halogens is 1. The molecule has 116 valence electrons. The molecule has 0 bridgehead atoms. The third-order valence-electron chi connectivity index (χ3n) is 3.32. The van der Waals surface area contributed by atoms with Gasteiger partial charge in [0.1, 0.15) is 6.61 Å². The molecule has 21 heavy (non-hydrogen) atoms. The molecule has 0 unspecified atom stereocenters. The number of hydrogen-bond donors (Lipinski definition) is 0. The van der Waals surface area contributed by atoms with E-state index in [4.69, 9.17) is 9.72 Å². The second-order valence-electron chi connectivity index (χ2n) is 5.40. The fourth-order valence-corrected chi connectivity index (χ4v) is 2.14. The fraction of sp³-hybridized carbons (Fsp3) is 0.471. The van der Waals surface area contributed by atoms with Crippen LogP contribution in [0.2, 0.25) is 0 Å². The van der Waals surface area contributed by atoms with Crippen LogP contribution in [0.5, 0.6) is 5.88 Å². The fourth-order valence-electron chi connectivity index (χ4n) is 2.14. The highest BCUT2D eigenvalue weighted by Gasteiger charge is 2.07. The van der Waals surface area contributed by atoms with Crippen LogP contribution in [0, 0.1) is 0 Å². The highest BCUT2D eigenvalue weighted by atomic mass is 35.5. The van der Waals surface area contributed by atoms with E-state index in [-0.39, 0.29) is 12.4 Å². The molecule has 3 nitrogen and oxygen atoms in total. The van der Waals surface area contributed by atoms with Gasteiger partial charge in [-0.05, 0) is 44.5 Å². The Labute approximate surface area is 133 Å². The minimum Gasteiger partial charge on any atom is -1.00 e. The minimum absolute atomic E-state index is 0. The quantitative estimate of drug-likeness (QED) is 0.746. The maximum atomic E-state index is 5.90. The summed E-state index contributed by atoms with van der Waals surface area (Å²) in [5.41, 5.74) is 1.13. The van der Waals surface area contributed by atoms with E-state index in [1.807, 2.05) is 20.2 Å². The summed E-state index contributed by atoms with van der Waals surface area (Å²) in [5.74, 6) is 0.774. The first-order chi connectivity index (χ1) is 9.70. The van der Waals surface area contributed by atoms with Crippen molar-refractivity contribution in [2.45, 2.75) is 26.2 Å². The first-order valence-corrected chi connectivity index (χ1v) is 7.37. The number of fused-ring (bicyclic) bond motifs is 1. The Balaban J connectivity index is 0.00000220. The van der Waals surface area contributed by atoms with Crippen molar-refractivity contribution in [2.24, 2.45) is 0 Å². The minimum atomic E-state index is 0. The number of ether oxygens (including phenoxy) is 1. The van der Waals surface area contributed by atoms with Gasteiger partial charge >= 0.3 is 0 Å². The average Bonchev–Trinajstić information content (AvgIpc) is 2.44. The van der Waals surface area contributed by atoms with Gasteiger partial charge in [0.25, 0.3) is 0 Å². The number of unbranched alkanes of at least 4 members (excludes halogenated alkanes) is 1. The second-order valence-corrected chi connectivity index (χ2v) is 5.40. The summed E-state index contributed by atoms with van der Waals surface area (Å²) in [7, 11) is 4.10. The van der Waals surface area contributed by atoms with Crippen LogP contribution in [0.15, 0.2) is 30.3 Å². The Morgan fingerprint density at radius 1 is 1.19 bits per heavy atom. The summed E-state index contributed by atoms with van der Waals surface area (Å²) in [5, 5.41) is 2.32. The molecule has 0 N–H and O–H groups in total. The molecule has 0 spiro atoms. The van der Waals surface area contributed by atoms with Crippen molar-refractivity contribution in [3.8, 4) is 5.88 Å². The van der Waals surface area contributed by atoms with Gasteiger partial charge in [0.2, 0.25) is 5.88 Å². The molecule has 4 heteroatoms. The van der Waals surface area contributed by atoms with E-state index in [0.717, 1.165) is 29.9 Å². The van der Waals surface area contributed by atoms with Gasteiger partial charge < -0.3 is 22.0 Å². The van der Waals surface area contributed by atoms with E-state index in [2.05, 4.69) is 36.1 Å². The lowest BCUT2D eigenvalue weighted by Crippen LogP contribution is -3.00. The van der Waals surface area contributed by atoms with Crippen molar-refractivity contribution in [3.05, 3.63) is 36.0 Å². The maximum Gasteiger partial charge on any atom is 0.221 e. The van der Waals surface area contributed by atoms with Gasteiger partial charge in [0, 0.05) is 17.6 Å². The number of aryl methyl sites for hydroxylation is 1. The van der Waals surface area contributed by atoms with Crippen molar-refractivity contribution < 1.29 is 17.1 Å². The molecule has 0 fully saturated rings. The summed E-state index contributed by atoms with van der Waals surface area (Å²) < 4.78 is 5.90. The molecule has 0 amide bonds. The highest BCUT2D eigenvalue weighted by Crippen LogP contribution is 2.25. The van der Waals surface area contributed by atoms with Crippen LogP contribution in [0.4, 0.5) is 0 Å². The van der Waals surface area contributed by atoms with Crippen LogP contribution >= 0.6 is 0 Å². The van der Waals surface area contributed by atoms with Gasteiger partial charge in [0.05, 0.1) is 0 Å². The van der Waals surface area contributed by atoms with Crippen LogP contribution in [0.1, 0.15) is 25.5 Å². The number of pyridine rings is 1. The lowest BCUT2D eigenvalue weighted by Gasteiger charge is -2.13. The summed E-state index contributed by atoms with van der Waals surface area (Å²) in [4.78, 5) is 6.81. The first kappa shape index (κ1) is 17.7. The van der Waals surface area contributed by atoms with Crippen LogP contribution in [0.25, 0.3) is 10.8 Å². The molecule has 0 atom stereocenters. The summed E-state index contributed by atoms with van der Waals surface area (Å²) in [6, 6.07) is 10.5. The van der Waals surface area contributed by atoms with Crippen molar-refractivity contribution in [3.63, 3.8) is 0 Å². The van der Waals surface area contributed by atoms with Crippen LogP contribution in [-0.4, -0.2) is 37.1 Å².